The third-order valence-electron chi connectivity index (χ3n) is 6.22. The van der Waals surface area contributed by atoms with Gasteiger partial charge >= 0.3 is 0 Å². The molecule has 0 unspecified atom stereocenters. The van der Waals surface area contributed by atoms with E-state index in [2.05, 4.69) is 29.2 Å². The number of hydrogen-bond donors (Lipinski definition) is 0. The van der Waals surface area contributed by atoms with Crippen LogP contribution >= 0.6 is 0 Å². The van der Waals surface area contributed by atoms with E-state index < -0.39 is 0 Å². The molecular formula is C24H31N3O2. The number of carbonyl (C=O) groups excluding carboxylic acids is 1. The molecule has 2 saturated heterocycles. The number of rotatable bonds is 6. The first-order valence-corrected chi connectivity index (χ1v) is 10.8. The molecule has 0 saturated carbocycles. The van der Waals surface area contributed by atoms with Crippen molar-refractivity contribution >= 4 is 5.91 Å². The van der Waals surface area contributed by atoms with E-state index in [1.54, 1.807) is 7.11 Å². The molecular weight excluding hydrogens is 362 g/mol. The van der Waals surface area contributed by atoms with Crippen molar-refractivity contribution in [1.29, 1.82) is 0 Å². The number of amides is 1. The van der Waals surface area contributed by atoms with Gasteiger partial charge in [-0.15, -0.1) is 0 Å². The zero-order valence-corrected chi connectivity index (χ0v) is 17.3. The van der Waals surface area contributed by atoms with Crippen LogP contribution in [-0.4, -0.2) is 60.5 Å². The Kier molecular flexibility index (Phi) is 6.45. The van der Waals surface area contributed by atoms with Crippen LogP contribution in [0.4, 0.5) is 0 Å². The van der Waals surface area contributed by atoms with Gasteiger partial charge in [-0.05, 0) is 57.0 Å². The van der Waals surface area contributed by atoms with Crippen molar-refractivity contribution in [3.05, 3.63) is 59.4 Å². The first kappa shape index (κ1) is 19.9. The topological polar surface area (TPSA) is 45.7 Å². The summed E-state index contributed by atoms with van der Waals surface area (Å²) in [6, 6.07) is 14.5. The molecule has 0 bridgehead atoms. The van der Waals surface area contributed by atoms with E-state index in [1.165, 1.54) is 5.69 Å². The number of aromatic nitrogens is 1. The first-order chi connectivity index (χ1) is 14.2. The molecule has 154 valence electrons. The summed E-state index contributed by atoms with van der Waals surface area (Å²) < 4.78 is 5.48. The minimum atomic E-state index is 0.304. The highest BCUT2D eigenvalue weighted by molar-refractivity contribution is 5.78. The Morgan fingerprint density at radius 3 is 2.55 bits per heavy atom. The molecule has 2 aliphatic heterocycles. The molecule has 0 spiro atoms. The van der Waals surface area contributed by atoms with Crippen LogP contribution in [0, 0.1) is 0 Å². The van der Waals surface area contributed by atoms with Crippen molar-refractivity contribution < 1.29 is 9.53 Å². The molecule has 2 fully saturated rings. The lowest BCUT2D eigenvalue weighted by atomic mass is 9.92. The second-order valence-electron chi connectivity index (χ2n) is 8.18. The standard InChI is InChI=1S/C24H31N3O2/c1-29-23-10-3-2-7-20(23)17-21-8-6-9-22(25-21)19-11-15-26(16-12-19)18-24(28)27-13-4-5-14-27/h2-3,6-10,19H,4-5,11-18H2,1H3. The SMILES string of the molecule is COc1ccccc1Cc1cccc(C2CCN(CC(=O)N3CCCC3)CC2)n1. The predicted octanol–water partition coefficient (Wildman–Crippen LogP) is 3.48. The fraction of sp³-hybridized carbons (Fsp3) is 0.500. The summed E-state index contributed by atoms with van der Waals surface area (Å²) in [5, 5.41) is 0. The van der Waals surface area contributed by atoms with Crippen LogP contribution in [0.3, 0.4) is 0 Å². The summed E-state index contributed by atoms with van der Waals surface area (Å²) in [7, 11) is 1.71. The Balaban J connectivity index is 1.34. The molecule has 5 heteroatoms. The van der Waals surface area contributed by atoms with Crippen LogP contribution in [0.2, 0.25) is 0 Å². The largest absolute Gasteiger partial charge is 0.496 e. The molecule has 1 aromatic carbocycles. The summed E-state index contributed by atoms with van der Waals surface area (Å²) in [4.78, 5) is 21.7. The van der Waals surface area contributed by atoms with Crippen LogP contribution < -0.4 is 4.74 Å². The van der Waals surface area contributed by atoms with Crippen molar-refractivity contribution in [2.24, 2.45) is 0 Å². The monoisotopic (exact) mass is 393 g/mol. The number of benzene rings is 1. The second kappa shape index (κ2) is 9.40. The summed E-state index contributed by atoms with van der Waals surface area (Å²) in [6.45, 7) is 4.41. The van der Waals surface area contributed by atoms with Gasteiger partial charge in [-0.1, -0.05) is 24.3 Å². The molecule has 0 aliphatic carbocycles. The zero-order chi connectivity index (χ0) is 20.1. The second-order valence-corrected chi connectivity index (χ2v) is 8.18. The lowest BCUT2D eigenvalue weighted by Crippen LogP contribution is -2.42. The van der Waals surface area contributed by atoms with Crippen molar-refractivity contribution in [2.45, 2.75) is 38.0 Å². The van der Waals surface area contributed by atoms with E-state index >= 15 is 0 Å². The van der Waals surface area contributed by atoms with Gasteiger partial charge in [0, 0.05) is 42.4 Å². The lowest BCUT2D eigenvalue weighted by Gasteiger charge is -2.32. The van der Waals surface area contributed by atoms with Crippen LogP contribution in [0.5, 0.6) is 5.75 Å². The van der Waals surface area contributed by atoms with E-state index in [-0.39, 0.29) is 0 Å². The molecule has 1 aromatic heterocycles. The maximum Gasteiger partial charge on any atom is 0.236 e. The third-order valence-corrected chi connectivity index (χ3v) is 6.22. The van der Waals surface area contributed by atoms with Gasteiger partial charge in [0.25, 0.3) is 0 Å². The molecule has 4 rings (SSSR count). The Labute approximate surface area is 173 Å². The highest BCUT2D eigenvalue weighted by atomic mass is 16.5. The maximum atomic E-state index is 12.4. The van der Waals surface area contributed by atoms with Crippen LogP contribution in [0.1, 0.15) is 48.6 Å². The maximum absolute atomic E-state index is 12.4. The van der Waals surface area contributed by atoms with Crippen molar-refractivity contribution in [3.63, 3.8) is 0 Å². The van der Waals surface area contributed by atoms with Gasteiger partial charge in [0.1, 0.15) is 5.75 Å². The molecule has 5 nitrogen and oxygen atoms in total. The summed E-state index contributed by atoms with van der Waals surface area (Å²) in [6.07, 6.45) is 5.23. The Morgan fingerprint density at radius 1 is 1.03 bits per heavy atom. The number of piperidine rings is 1. The van der Waals surface area contributed by atoms with E-state index in [9.17, 15) is 4.79 Å². The Morgan fingerprint density at radius 2 is 1.79 bits per heavy atom. The molecule has 29 heavy (non-hydrogen) atoms. The number of para-hydroxylation sites is 1. The summed E-state index contributed by atoms with van der Waals surface area (Å²) in [5.74, 6) is 1.69. The summed E-state index contributed by atoms with van der Waals surface area (Å²) >= 11 is 0. The van der Waals surface area contributed by atoms with Crippen LogP contribution in [0.25, 0.3) is 0 Å². The number of methoxy groups -OCH3 is 1. The Hall–Kier alpha value is -2.40. The molecule has 0 atom stereocenters. The Bertz CT molecular complexity index is 824. The predicted molar refractivity (Wildman–Crippen MR) is 114 cm³/mol. The molecule has 1 amide bonds. The highest BCUT2D eigenvalue weighted by Crippen LogP contribution is 2.28. The zero-order valence-electron chi connectivity index (χ0n) is 17.3. The summed E-state index contributed by atoms with van der Waals surface area (Å²) in [5.41, 5.74) is 3.43. The average Bonchev–Trinajstić information content (AvgIpc) is 3.30. The number of pyridine rings is 1. The van der Waals surface area contributed by atoms with Crippen molar-refractivity contribution in [1.82, 2.24) is 14.8 Å². The molecule has 0 radical (unpaired) electrons. The molecule has 2 aliphatic rings. The average molecular weight is 394 g/mol. The van der Waals surface area contributed by atoms with Crippen molar-refractivity contribution in [2.75, 3.05) is 39.8 Å². The lowest BCUT2D eigenvalue weighted by molar-refractivity contribution is -0.131. The van der Waals surface area contributed by atoms with Crippen LogP contribution in [-0.2, 0) is 11.2 Å². The number of ether oxygens (including phenoxy) is 1. The number of likely N-dealkylation sites (tertiary alicyclic amines) is 2. The normalized spacial score (nSPS) is 18.2. The van der Waals surface area contributed by atoms with E-state index in [4.69, 9.17) is 9.72 Å². The number of nitrogens with zero attached hydrogens (tertiary/aromatic N) is 3. The van der Waals surface area contributed by atoms with Gasteiger partial charge in [0.15, 0.2) is 0 Å². The van der Waals surface area contributed by atoms with E-state index in [0.717, 1.165) is 75.3 Å². The van der Waals surface area contributed by atoms with Gasteiger partial charge in [-0.3, -0.25) is 14.7 Å². The van der Waals surface area contributed by atoms with Gasteiger partial charge in [0.05, 0.1) is 13.7 Å². The smallest absolute Gasteiger partial charge is 0.236 e. The fourth-order valence-corrected chi connectivity index (χ4v) is 4.51. The van der Waals surface area contributed by atoms with Gasteiger partial charge < -0.3 is 9.64 Å². The van der Waals surface area contributed by atoms with Crippen LogP contribution in [0.15, 0.2) is 42.5 Å². The number of hydrogen-bond acceptors (Lipinski definition) is 4. The first-order valence-electron chi connectivity index (χ1n) is 10.8. The molecule has 0 N–H and O–H groups in total. The van der Waals surface area contributed by atoms with E-state index in [0.29, 0.717) is 18.4 Å². The van der Waals surface area contributed by atoms with Gasteiger partial charge in [-0.25, -0.2) is 0 Å². The third kappa shape index (κ3) is 4.96. The van der Waals surface area contributed by atoms with Gasteiger partial charge in [0.2, 0.25) is 5.91 Å². The van der Waals surface area contributed by atoms with Gasteiger partial charge in [-0.2, -0.15) is 0 Å². The minimum Gasteiger partial charge on any atom is -0.496 e. The van der Waals surface area contributed by atoms with Crippen molar-refractivity contribution in [3.8, 4) is 5.75 Å². The fourth-order valence-electron chi connectivity index (χ4n) is 4.51. The molecule has 3 heterocycles. The number of carbonyl (C=O) groups is 1. The minimum absolute atomic E-state index is 0.304. The molecule has 2 aromatic rings. The van der Waals surface area contributed by atoms with E-state index in [1.807, 2.05) is 23.1 Å². The quantitative estimate of drug-likeness (QED) is 0.754. The highest BCUT2D eigenvalue weighted by Gasteiger charge is 2.25.